The summed E-state index contributed by atoms with van der Waals surface area (Å²) in [7, 11) is 0. The van der Waals surface area contributed by atoms with Crippen LogP contribution in [0, 0.1) is 5.41 Å². The van der Waals surface area contributed by atoms with Crippen molar-refractivity contribution in [2.75, 3.05) is 6.61 Å². The molecule has 5 nitrogen and oxygen atoms in total. The molecule has 0 saturated heterocycles. The highest BCUT2D eigenvalue weighted by atomic mass is 35.5. The molecule has 2 aromatic rings. The molecular formula is C16H20ClN3O2. The van der Waals surface area contributed by atoms with Gasteiger partial charge in [0.15, 0.2) is 5.78 Å². The van der Waals surface area contributed by atoms with E-state index in [0.717, 1.165) is 5.56 Å². The Hall–Kier alpha value is -1.72. The number of ether oxygens (including phenoxy) is 1. The number of hydrogen-bond donors (Lipinski definition) is 0. The Morgan fingerprint density at radius 3 is 2.55 bits per heavy atom. The summed E-state index contributed by atoms with van der Waals surface area (Å²) in [6.45, 7) is 6.00. The molecule has 0 aliphatic heterocycles. The zero-order valence-corrected chi connectivity index (χ0v) is 13.7. The summed E-state index contributed by atoms with van der Waals surface area (Å²) in [5, 5.41) is 4.73. The van der Waals surface area contributed by atoms with Crippen LogP contribution in [0.4, 0.5) is 0 Å². The fourth-order valence-electron chi connectivity index (χ4n) is 1.92. The summed E-state index contributed by atoms with van der Waals surface area (Å²) < 4.78 is 7.24. The molecule has 1 heterocycles. The minimum absolute atomic E-state index is 0.0332. The van der Waals surface area contributed by atoms with Gasteiger partial charge in [0.2, 0.25) is 6.23 Å². The highest BCUT2D eigenvalue weighted by Gasteiger charge is 2.32. The van der Waals surface area contributed by atoms with Crippen molar-refractivity contribution in [3.05, 3.63) is 47.5 Å². The van der Waals surface area contributed by atoms with Gasteiger partial charge in [-0.25, -0.2) is 9.67 Å². The van der Waals surface area contributed by atoms with Gasteiger partial charge >= 0.3 is 0 Å². The number of ketones is 1. The van der Waals surface area contributed by atoms with Crippen molar-refractivity contribution >= 4 is 17.4 Å². The second-order valence-electron chi connectivity index (χ2n) is 6.09. The van der Waals surface area contributed by atoms with E-state index in [1.807, 2.05) is 45.0 Å². The van der Waals surface area contributed by atoms with Crippen LogP contribution in [-0.4, -0.2) is 27.2 Å². The minimum atomic E-state index is -0.755. The number of Topliss-reactive ketones (excluding diaryl/α,β-unsaturated/α-hetero) is 1. The van der Waals surface area contributed by atoms with Gasteiger partial charge in [0.25, 0.3) is 0 Å². The van der Waals surface area contributed by atoms with E-state index in [1.54, 1.807) is 0 Å². The molecular weight excluding hydrogens is 302 g/mol. The van der Waals surface area contributed by atoms with E-state index >= 15 is 0 Å². The molecule has 6 heteroatoms. The molecule has 1 aromatic heterocycles. The zero-order valence-electron chi connectivity index (χ0n) is 13.0. The van der Waals surface area contributed by atoms with Crippen LogP contribution in [0.15, 0.2) is 36.9 Å². The van der Waals surface area contributed by atoms with Crippen molar-refractivity contribution < 1.29 is 9.53 Å². The Morgan fingerprint density at radius 1 is 1.32 bits per heavy atom. The van der Waals surface area contributed by atoms with Gasteiger partial charge in [0, 0.05) is 10.4 Å². The van der Waals surface area contributed by atoms with Gasteiger partial charge in [-0.1, -0.05) is 44.5 Å². The van der Waals surface area contributed by atoms with Crippen molar-refractivity contribution in [2.45, 2.75) is 33.4 Å². The van der Waals surface area contributed by atoms with E-state index in [-0.39, 0.29) is 5.78 Å². The van der Waals surface area contributed by atoms with Crippen molar-refractivity contribution in [3.8, 4) is 0 Å². The van der Waals surface area contributed by atoms with Crippen molar-refractivity contribution in [2.24, 2.45) is 5.41 Å². The van der Waals surface area contributed by atoms with Gasteiger partial charge < -0.3 is 4.74 Å². The average molecular weight is 322 g/mol. The number of nitrogens with zero attached hydrogens (tertiary/aromatic N) is 3. The first-order chi connectivity index (χ1) is 10.4. The molecule has 1 atom stereocenters. The topological polar surface area (TPSA) is 57.0 Å². The van der Waals surface area contributed by atoms with Gasteiger partial charge in [-0.3, -0.25) is 4.79 Å². The second kappa shape index (κ2) is 7.03. The lowest BCUT2D eigenvalue weighted by molar-refractivity contribution is -0.145. The second-order valence-corrected chi connectivity index (χ2v) is 6.53. The van der Waals surface area contributed by atoms with Crippen molar-refractivity contribution in [1.82, 2.24) is 14.8 Å². The van der Waals surface area contributed by atoms with Gasteiger partial charge in [-0.15, -0.1) is 0 Å². The molecule has 0 aliphatic rings. The van der Waals surface area contributed by atoms with Crippen LogP contribution in [0.1, 0.15) is 32.6 Å². The van der Waals surface area contributed by atoms with Crippen molar-refractivity contribution in [3.63, 3.8) is 0 Å². The fraction of sp³-hybridized carbons (Fsp3) is 0.438. The third-order valence-electron chi connectivity index (χ3n) is 3.22. The highest BCUT2D eigenvalue weighted by Crippen LogP contribution is 2.24. The van der Waals surface area contributed by atoms with Gasteiger partial charge in [0.05, 0.1) is 6.61 Å². The summed E-state index contributed by atoms with van der Waals surface area (Å²) in [5.74, 6) is -0.0332. The fourth-order valence-corrected chi connectivity index (χ4v) is 2.05. The van der Waals surface area contributed by atoms with Gasteiger partial charge in [0.1, 0.15) is 12.7 Å². The molecule has 0 amide bonds. The summed E-state index contributed by atoms with van der Waals surface area (Å²) in [6, 6.07) is 7.57. The Labute approximate surface area is 135 Å². The van der Waals surface area contributed by atoms with E-state index < -0.39 is 11.6 Å². The lowest BCUT2D eigenvalue weighted by Crippen LogP contribution is -2.33. The minimum Gasteiger partial charge on any atom is -0.349 e. The molecule has 0 N–H and O–H groups in total. The van der Waals surface area contributed by atoms with Crippen LogP contribution in [0.2, 0.25) is 5.02 Å². The normalized spacial score (nSPS) is 13.1. The van der Waals surface area contributed by atoms with Crippen LogP contribution in [-0.2, 0) is 16.0 Å². The van der Waals surface area contributed by atoms with E-state index in [4.69, 9.17) is 16.3 Å². The Bertz CT molecular complexity index is 603. The summed E-state index contributed by atoms with van der Waals surface area (Å²) >= 11 is 5.86. The largest absolute Gasteiger partial charge is 0.349 e. The number of rotatable bonds is 6. The quantitative estimate of drug-likeness (QED) is 0.819. The molecule has 1 aromatic carbocycles. The third-order valence-corrected chi connectivity index (χ3v) is 3.47. The molecule has 2 rings (SSSR count). The van der Waals surface area contributed by atoms with Crippen LogP contribution >= 0.6 is 11.6 Å². The van der Waals surface area contributed by atoms with Crippen LogP contribution in [0.3, 0.4) is 0 Å². The predicted octanol–water partition coefficient (Wildman–Crippen LogP) is 3.30. The molecule has 0 fully saturated rings. The first-order valence-corrected chi connectivity index (χ1v) is 7.50. The number of benzene rings is 1. The standard InChI is InChI=1S/C16H20ClN3O2/c1-16(2,3)14(21)15(20-11-18-10-19-20)22-9-8-12-4-6-13(17)7-5-12/h4-7,10-11,15H,8-9H2,1-3H3. The van der Waals surface area contributed by atoms with Crippen LogP contribution in [0.25, 0.3) is 0 Å². The van der Waals surface area contributed by atoms with Crippen LogP contribution in [0.5, 0.6) is 0 Å². The van der Waals surface area contributed by atoms with Crippen LogP contribution < -0.4 is 0 Å². The van der Waals surface area contributed by atoms with E-state index in [0.29, 0.717) is 18.1 Å². The maximum Gasteiger partial charge on any atom is 0.211 e. The lowest BCUT2D eigenvalue weighted by atomic mass is 9.90. The summed E-state index contributed by atoms with van der Waals surface area (Å²) in [6.07, 6.45) is 2.83. The first kappa shape index (κ1) is 16.6. The smallest absolute Gasteiger partial charge is 0.211 e. The number of aromatic nitrogens is 3. The Kier molecular flexibility index (Phi) is 5.32. The van der Waals surface area contributed by atoms with Gasteiger partial charge in [-0.05, 0) is 24.1 Å². The van der Waals surface area contributed by atoms with Gasteiger partial charge in [-0.2, -0.15) is 5.10 Å². The molecule has 0 spiro atoms. The molecule has 0 bridgehead atoms. The highest BCUT2D eigenvalue weighted by molar-refractivity contribution is 6.30. The molecule has 0 aliphatic carbocycles. The average Bonchev–Trinajstić information content (AvgIpc) is 2.98. The maximum absolute atomic E-state index is 12.5. The SMILES string of the molecule is CC(C)(C)C(=O)C(OCCc1ccc(Cl)cc1)n1cncn1. The zero-order chi connectivity index (χ0) is 16.2. The van der Waals surface area contributed by atoms with E-state index in [2.05, 4.69) is 10.1 Å². The summed E-state index contributed by atoms with van der Waals surface area (Å²) in [4.78, 5) is 16.4. The molecule has 22 heavy (non-hydrogen) atoms. The van der Waals surface area contributed by atoms with Crippen molar-refractivity contribution in [1.29, 1.82) is 0 Å². The number of carbonyl (C=O) groups is 1. The lowest BCUT2D eigenvalue weighted by Gasteiger charge is -2.24. The summed E-state index contributed by atoms with van der Waals surface area (Å²) in [5.41, 5.74) is 0.585. The van der Waals surface area contributed by atoms with E-state index in [9.17, 15) is 4.79 Å². The number of halogens is 1. The predicted molar refractivity (Wildman–Crippen MR) is 84.6 cm³/mol. The maximum atomic E-state index is 12.5. The first-order valence-electron chi connectivity index (χ1n) is 7.12. The molecule has 0 saturated carbocycles. The molecule has 118 valence electrons. The number of hydrogen-bond acceptors (Lipinski definition) is 4. The molecule has 1 unspecified atom stereocenters. The Balaban J connectivity index is 2.01. The molecule has 0 radical (unpaired) electrons. The monoisotopic (exact) mass is 321 g/mol. The van der Waals surface area contributed by atoms with E-state index in [1.165, 1.54) is 17.3 Å². The third kappa shape index (κ3) is 4.39. The Morgan fingerprint density at radius 2 is 2.00 bits per heavy atom. The number of carbonyl (C=O) groups excluding carboxylic acids is 1.